The molecule has 3 aromatic rings. The van der Waals surface area contributed by atoms with Gasteiger partial charge >= 0.3 is 6.03 Å². The number of aryl methyl sites for hydroxylation is 1. The molecule has 154 valence electrons. The van der Waals surface area contributed by atoms with Gasteiger partial charge in [-0.3, -0.25) is 10.1 Å². The number of aromatic nitrogens is 2. The summed E-state index contributed by atoms with van der Waals surface area (Å²) < 4.78 is 0. The summed E-state index contributed by atoms with van der Waals surface area (Å²) in [7, 11) is 0. The average Bonchev–Trinajstić information content (AvgIpc) is 3.42. The number of benzene rings is 2. The molecular formula is C22H23N5O2S. The number of nitrogens with one attached hydrogen (secondary N) is 2. The van der Waals surface area contributed by atoms with Crippen molar-refractivity contribution in [3.8, 4) is 10.6 Å². The maximum Gasteiger partial charge on any atom is 0.322 e. The lowest BCUT2D eigenvalue weighted by molar-refractivity contribution is -0.119. The van der Waals surface area contributed by atoms with Crippen LogP contribution in [0.2, 0.25) is 0 Å². The summed E-state index contributed by atoms with van der Waals surface area (Å²) in [5, 5.41) is 15.2. The number of likely N-dealkylation sites (tertiary alicyclic amines) is 1. The quantitative estimate of drug-likeness (QED) is 0.651. The number of hydrogen-bond donors (Lipinski definition) is 2. The molecule has 0 bridgehead atoms. The second-order valence-electron chi connectivity index (χ2n) is 7.30. The van der Waals surface area contributed by atoms with Crippen molar-refractivity contribution in [3.05, 3.63) is 59.7 Å². The fourth-order valence-electron chi connectivity index (χ4n) is 3.52. The molecule has 7 nitrogen and oxygen atoms in total. The Morgan fingerprint density at radius 1 is 1.03 bits per heavy atom. The highest BCUT2D eigenvalue weighted by Crippen LogP contribution is 2.27. The van der Waals surface area contributed by atoms with E-state index in [0.717, 1.165) is 33.8 Å². The van der Waals surface area contributed by atoms with E-state index in [1.807, 2.05) is 62.4 Å². The molecule has 0 saturated carbocycles. The van der Waals surface area contributed by atoms with E-state index in [4.69, 9.17) is 0 Å². The number of hydrogen-bond acceptors (Lipinski definition) is 5. The Labute approximate surface area is 179 Å². The van der Waals surface area contributed by atoms with Gasteiger partial charge in [0.1, 0.15) is 11.0 Å². The molecule has 30 heavy (non-hydrogen) atoms. The molecule has 0 radical (unpaired) electrons. The Kier molecular flexibility index (Phi) is 5.76. The Morgan fingerprint density at radius 2 is 1.83 bits per heavy atom. The molecule has 1 fully saturated rings. The number of carbonyl (C=O) groups excluding carboxylic acids is 2. The second-order valence-corrected chi connectivity index (χ2v) is 8.27. The van der Waals surface area contributed by atoms with E-state index in [0.29, 0.717) is 18.1 Å². The van der Waals surface area contributed by atoms with Gasteiger partial charge in [-0.05, 0) is 43.9 Å². The number of carbonyl (C=O) groups is 2. The van der Waals surface area contributed by atoms with E-state index < -0.39 is 6.04 Å². The van der Waals surface area contributed by atoms with E-state index in [1.54, 1.807) is 4.90 Å². The molecule has 8 heteroatoms. The van der Waals surface area contributed by atoms with Gasteiger partial charge in [-0.25, -0.2) is 4.79 Å². The molecule has 1 aliphatic rings. The van der Waals surface area contributed by atoms with E-state index in [-0.39, 0.29) is 11.9 Å². The molecular weight excluding hydrogens is 398 g/mol. The van der Waals surface area contributed by atoms with Crippen LogP contribution in [0.25, 0.3) is 10.6 Å². The summed E-state index contributed by atoms with van der Waals surface area (Å²) in [4.78, 5) is 27.3. The number of nitrogens with zero attached hydrogens (tertiary/aromatic N) is 3. The van der Waals surface area contributed by atoms with E-state index in [9.17, 15) is 9.59 Å². The van der Waals surface area contributed by atoms with Gasteiger partial charge in [0.25, 0.3) is 0 Å². The van der Waals surface area contributed by atoms with Gasteiger partial charge in [-0.1, -0.05) is 53.8 Å². The molecule has 3 amide bonds. The van der Waals surface area contributed by atoms with Gasteiger partial charge < -0.3 is 10.2 Å². The van der Waals surface area contributed by atoms with Gasteiger partial charge in [-0.2, -0.15) is 0 Å². The van der Waals surface area contributed by atoms with Crippen molar-refractivity contribution in [1.82, 2.24) is 15.1 Å². The van der Waals surface area contributed by atoms with Gasteiger partial charge in [-0.15, -0.1) is 10.2 Å². The Balaban J connectivity index is 1.43. The minimum atomic E-state index is -0.529. The zero-order chi connectivity index (χ0) is 21.1. The first-order valence-corrected chi connectivity index (χ1v) is 10.7. The SMILES string of the molecule is Cc1cccc(NC(=O)N2CCCC2C(=O)Nc2nnc(-c3ccccc3)s2)c1C. The zero-order valence-electron chi connectivity index (χ0n) is 16.9. The number of urea groups is 1. The summed E-state index contributed by atoms with van der Waals surface area (Å²) in [6, 6.07) is 14.7. The van der Waals surface area contributed by atoms with Crippen LogP contribution in [0.15, 0.2) is 48.5 Å². The summed E-state index contributed by atoms with van der Waals surface area (Å²) in [6.07, 6.45) is 1.40. The first kappa shape index (κ1) is 20.0. The highest BCUT2D eigenvalue weighted by Gasteiger charge is 2.34. The standard InChI is InChI=1S/C22H23N5O2S/c1-14-8-6-11-17(15(14)2)23-22(29)27-13-7-12-18(27)19(28)24-21-26-25-20(30-21)16-9-4-3-5-10-16/h3-6,8-11,18H,7,12-13H2,1-2H3,(H,23,29)(H,24,26,28). The van der Waals surface area contributed by atoms with E-state index in [2.05, 4.69) is 20.8 Å². The fourth-order valence-corrected chi connectivity index (χ4v) is 4.27. The van der Waals surface area contributed by atoms with Gasteiger partial charge in [0.15, 0.2) is 0 Å². The molecule has 2 heterocycles. The van der Waals surface area contributed by atoms with Crippen molar-refractivity contribution in [1.29, 1.82) is 0 Å². The van der Waals surface area contributed by atoms with Crippen LogP contribution in [0, 0.1) is 13.8 Å². The summed E-state index contributed by atoms with van der Waals surface area (Å²) in [5.74, 6) is -0.237. The predicted molar refractivity (Wildman–Crippen MR) is 119 cm³/mol. The van der Waals surface area contributed by atoms with Gasteiger partial charge in [0, 0.05) is 17.8 Å². The third-order valence-electron chi connectivity index (χ3n) is 5.34. The van der Waals surface area contributed by atoms with Crippen LogP contribution in [0.3, 0.4) is 0 Å². The topological polar surface area (TPSA) is 87.2 Å². The van der Waals surface area contributed by atoms with Gasteiger partial charge in [0.05, 0.1) is 0 Å². The lowest BCUT2D eigenvalue weighted by Gasteiger charge is -2.24. The molecule has 1 atom stereocenters. The van der Waals surface area contributed by atoms with Crippen molar-refractivity contribution in [2.75, 3.05) is 17.2 Å². The third-order valence-corrected chi connectivity index (χ3v) is 6.23. The monoisotopic (exact) mass is 421 g/mol. The fraction of sp³-hybridized carbons (Fsp3) is 0.273. The molecule has 1 unspecified atom stereocenters. The number of rotatable bonds is 4. The summed E-state index contributed by atoms with van der Waals surface area (Å²) >= 11 is 1.32. The highest BCUT2D eigenvalue weighted by molar-refractivity contribution is 7.18. The molecule has 1 aliphatic heterocycles. The van der Waals surface area contributed by atoms with E-state index in [1.165, 1.54) is 11.3 Å². The Hall–Kier alpha value is -3.26. The second kappa shape index (κ2) is 8.62. The average molecular weight is 422 g/mol. The van der Waals surface area contributed by atoms with Crippen LogP contribution in [-0.2, 0) is 4.79 Å². The maximum atomic E-state index is 12.9. The maximum absolute atomic E-state index is 12.9. The lowest BCUT2D eigenvalue weighted by Crippen LogP contribution is -2.45. The van der Waals surface area contributed by atoms with E-state index >= 15 is 0 Å². The van der Waals surface area contributed by atoms with Crippen molar-refractivity contribution in [2.45, 2.75) is 32.7 Å². The Morgan fingerprint density at radius 3 is 2.63 bits per heavy atom. The third kappa shape index (κ3) is 4.18. The summed E-state index contributed by atoms with van der Waals surface area (Å²) in [6.45, 7) is 4.52. The van der Waals surface area contributed by atoms with Crippen LogP contribution < -0.4 is 10.6 Å². The molecule has 4 rings (SSSR count). The predicted octanol–water partition coefficient (Wildman–Crippen LogP) is 4.46. The molecule has 2 aromatic carbocycles. The van der Waals surface area contributed by atoms with Crippen molar-refractivity contribution >= 4 is 34.1 Å². The highest BCUT2D eigenvalue weighted by atomic mass is 32.1. The van der Waals surface area contributed by atoms with Crippen molar-refractivity contribution < 1.29 is 9.59 Å². The van der Waals surface area contributed by atoms with Crippen LogP contribution in [0.1, 0.15) is 24.0 Å². The molecule has 0 aliphatic carbocycles. The minimum absolute atomic E-state index is 0.237. The molecule has 1 aromatic heterocycles. The first-order valence-electron chi connectivity index (χ1n) is 9.86. The summed E-state index contributed by atoms with van der Waals surface area (Å²) in [5.41, 5.74) is 3.84. The largest absolute Gasteiger partial charge is 0.322 e. The lowest BCUT2D eigenvalue weighted by atomic mass is 10.1. The minimum Gasteiger partial charge on any atom is -0.312 e. The number of amides is 3. The van der Waals surface area contributed by atoms with Crippen LogP contribution in [0.4, 0.5) is 15.6 Å². The van der Waals surface area contributed by atoms with Crippen LogP contribution in [-0.4, -0.2) is 39.6 Å². The smallest absolute Gasteiger partial charge is 0.312 e. The molecule has 0 spiro atoms. The molecule has 1 saturated heterocycles. The Bertz CT molecular complexity index is 1070. The molecule has 2 N–H and O–H groups in total. The van der Waals surface area contributed by atoms with Gasteiger partial charge in [0.2, 0.25) is 11.0 Å². The van der Waals surface area contributed by atoms with Crippen LogP contribution in [0.5, 0.6) is 0 Å². The van der Waals surface area contributed by atoms with Crippen molar-refractivity contribution in [3.63, 3.8) is 0 Å². The van der Waals surface area contributed by atoms with Crippen LogP contribution >= 0.6 is 11.3 Å². The normalized spacial score (nSPS) is 15.8. The number of anilines is 2. The zero-order valence-corrected chi connectivity index (χ0v) is 17.7. The van der Waals surface area contributed by atoms with Crippen molar-refractivity contribution in [2.24, 2.45) is 0 Å². The first-order chi connectivity index (χ1) is 14.5.